The first-order chi connectivity index (χ1) is 13.4. The van der Waals surface area contributed by atoms with Gasteiger partial charge in [-0.25, -0.2) is 5.43 Å². The normalized spacial score (nSPS) is 10.9. The molecular weight excluding hydrogens is 358 g/mol. The predicted molar refractivity (Wildman–Crippen MR) is 106 cm³/mol. The minimum absolute atomic E-state index is 0.0172. The fraction of sp³-hybridized carbons (Fsp3) is 0.143. The molecule has 1 aromatic heterocycles. The highest BCUT2D eigenvalue weighted by Crippen LogP contribution is 2.24. The standard InChI is InChI=1S/C21H19N3O4/c1-14-3-4-17(15(2)11-14)12-21(25)23-22-13-19-9-10-20(28-19)16-5-7-18(8-6-16)24(26)27/h3-11,13H,12H2,1-2H3,(H,23,25)/b22-13-. The van der Waals surface area contributed by atoms with Crippen LogP contribution in [0.25, 0.3) is 11.3 Å². The van der Waals surface area contributed by atoms with Gasteiger partial charge in [-0.3, -0.25) is 14.9 Å². The van der Waals surface area contributed by atoms with Gasteiger partial charge in [0.25, 0.3) is 5.69 Å². The second-order valence-corrected chi connectivity index (χ2v) is 6.41. The van der Waals surface area contributed by atoms with Gasteiger partial charge >= 0.3 is 0 Å². The molecule has 0 spiro atoms. The van der Waals surface area contributed by atoms with E-state index in [2.05, 4.69) is 10.5 Å². The highest BCUT2D eigenvalue weighted by Gasteiger charge is 2.08. The Labute approximate surface area is 161 Å². The molecule has 142 valence electrons. The molecule has 0 radical (unpaired) electrons. The number of benzene rings is 2. The molecule has 1 heterocycles. The fourth-order valence-electron chi connectivity index (χ4n) is 2.75. The quantitative estimate of drug-likeness (QED) is 0.396. The van der Waals surface area contributed by atoms with Crippen LogP contribution < -0.4 is 5.43 Å². The molecule has 28 heavy (non-hydrogen) atoms. The van der Waals surface area contributed by atoms with Crippen molar-refractivity contribution < 1.29 is 14.1 Å². The second-order valence-electron chi connectivity index (χ2n) is 6.41. The van der Waals surface area contributed by atoms with Crippen molar-refractivity contribution in [1.82, 2.24) is 5.43 Å². The van der Waals surface area contributed by atoms with Crippen molar-refractivity contribution in [3.05, 3.63) is 87.2 Å². The van der Waals surface area contributed by atoms with Crippen molar-refractivity contribution in [2.75, 3.05) is 0 Å². The van der Waals surface area contributed by atoms with Crippen LogP contribution in [0.4, 0.5) is 5.69 Å². The summed E-state index contributed by atoms with van der Waals surface area (Å²) in [5.74, 6) is 0.795. The lowest BCUT2D eigenvalue weighted by atomic mass is 10.0. The lowest BCUT2D eigenvalue weighted by Gasteiger charge is -2.05. The van der Waals surface area contributed by atoms with E-state index >= 15 is 0 Å². The number of nitro groups is 1. The summed E-state index contributed by atoms with van der Waals surface area (Å²) in [6.07, 6.45) is 1.66. The van der Waals surface area contributed by atoms with Gasteiger partial charge in [0.1, 0.15) is 11.5 Å². The number of hydrogen-bond donors (Lipinski definition) is 1. The monoisotopic (exact) mass is 377 g/mol. The Morgan fingerprint density at radius 1 is 1.14 bits per heavy atom. The number of hydrazone groups is 1. The lowest BCUT2D eigenvalue weighted by molar-refractivity contribution is -0.384. The number of hydrogen-bond acceptors (Lipinski definition) is 5. The van der Waals surface area contributed by atoms with Gasteiger partial charge < -0.3 is 4.42 Å². The Hall–Kier alpha value is -3.74. The Bertz CT molecular complexity index is 1040. The van der Waals surface area contributed by atoms with Crippen molar-refractivity contribution in [3.8, 4) is 11.3 Å². The summed E-state index contributed by atoms with van der Waals surface area (Å²) >= 11 is 0. The minimum Gasteiger partial charge on any atom is -0.455 e. The van der Waals surface area contributed by atoms with Gasteiger partial charge in [-0.1, -0.05) is 23.8 Å². The topological polar surface area (TPSA) is 97.7 Å². The van der Waals surface area contributed by atoms with E-state index in [-0.39, 0.29) is 18.0 Å². The number of non-ortho nitro benzene ring substituents is 1. The van der Waals surface area contributed by atoms with E-state index in [1.54, 1.807) is 24.3 Å². The van der Waals surface area contributed by atoms with Crippen LogP contribution in [0.15, 0.2) is 64.1 Å². The average molecular weight is 377 g/mol. The Balaban J connectivity index is 1.59. The highest BCUT2D eigenvalue weighted by molar-refractivity contribution is 5.82. The van der Waals surface area contributed by atoms with Gasteiger partial charge in [0.2, 0.25) is 5.91 Å². The van der Waals surface area contributed by atoms with Gasteiger partial charge in [-0.05, 0) is 49.2 Å². The van der Waals surface area contributed by atoms with Gasteiger partial charge in [-0.2, -0.15) is 5.10 Å². The Kier molecular flexibility index (Phi) is 5.64. The molecule has 3 rings (SSSR count). The first kappa shape index (κ1) is 19.0. The maximum atomic E-state index is 12.0. The van der Waals surface area contributed by atoms with Gasteiger partial charge in [0, 0.05) is 17.7 Å². The van der Waals surface area contributed by atoms with Crippen LogP contribution in [0, 0.1) is 24.0 Å². The largest absolute Gasteiger partial charge is 0.455 e. The van der Waals surface area contributed by atoms with Gasteiger partial charge in [0.15, 0.2) is 0 Å². The summed E-state index contributed by atoms with van der Waals surface area (Å²) in [5.41, 5.74) is 6.39. The average Bonchev–Trinajstić information content (AvgIpc) is 3.13. The van der Waals surface area contributed by atoms with Crippen molar-refractivity contribution >= 4 is 17.8 Å². The van der Waals surface area contributed by atoms with Crippen LogP contribution in [-0.4, -0.2) is 17.0 Å². The summed E-state index contributed by atoms with van der Waals surface area (Å²) < 4.78 is 5.63. The van der Waals surface area contributed by atoms with E-state index in [1.807, 2.05) is 32.0 Å². The number of furan rings is 1. The zero-order chi connectivity index (χ0) is 20.1. The van der Waals surface area contributed by atoms with Crippen LogP contribution >= 0.6 is 0 Å². The Morgan fingerprint density at radius 2 is 1.89 bits per heavy atom. The molecule has 3 aromatic rings. The maximum Gasteiger partial charge on any atom is 0.269 e. The van der Waals surface area contributed by atoms with E-state index in [0.717, 1.165) is 16.7 Å². The number of nitrogens with zero attached hydrogens (tertiary/aromatic N) is 2. The maximum absolute atomic E-state index is 12.0. The molecule has 0 aliphatic heterocycles. The first-order valence-corrected chi connectivity index (χ1v) is 8.65. The van der Waals surface area contributed by atoms with Gasteiger partial charge in [0.05, 0.1) is 17.6 Å². The van der Waals surface area contributed by atoms with Crippen molar-refractivity contribution in [2.24, 2.45) is 5.10 Å². The molecule has 0 fully saturated rings. The molecule has 0 unspecified atom stereocenters. The molecule has 0 saturated carbocycles. The van der Waals surface area contributed by atoms with Crippen LogP contribution in [0.2, 0.25) is 0 Å². The summed E-state index contributed by atoms with van der Waals surface area (Å²) in [6.45, 7) is 3.98. The van der Waals surface area contributed by atoms with Crippen molar-refractivity contribution in [2.45, 2.75) is 20.3 Å². The molecule has 7 heteroatoms. The molecule has 2 aromatic carbocycles. The number of carbonyl (C=O) groups excluding carboxylic acids is 1. The number of rotatable bonds is 6. The first-order valence-electron chi connectivity index (χ1n) is 8.65. The third kappa shape index (κ3) is 4.70. The summed E-state index contributed by atoms with van der Waals surface area (Å²) in [6, 6.07) is 15.5. The molecule has 1 N–H and O–H groups in total. The van der Waals surface area contributed by atoms with E-state index in [1.165, 1.54) is 18.3 Å². The number of nitro benzene ring substituents is 1. The number of amides is 1. The Morgan fingerprint density at radius 3 is 2.57 bits per heavy atom. The third-order valence-corrected chi connectivity index (χ3v) is 4.22. The molecule has 0 aliphatic carbocycles. The van der Waals surface area contributed by atoms with E-state index in [9.17, 15) is 14.9 Å². The van der Waals surface area contributed by atoms with Gasteiger partial charge in [-0.15, -0.1) is 0 Å². The summed E-state index contributed by atoms with van der Waals surface area (Å²) in [5, 5.41) is 14.6. The minimum atomic E-state index is -0.454. The SMILES string of the molecule is Cc1ccc(CC(=O)N/N=C\c2ccc(-c3ccc([N+](=O)[O-])cc3)o2)c(C)c1. The fourth-order valence-corrected chi connectivity index (χ4v) is 2.75. The lowest BCUT2D eigenvalue weighted by Crippen LogP contribution is -2.20. The van der Waals surface area contributed by atoms with Crippen LogP contribution in [-0.2, 0) is 11.2 Å². The van der Waals surface area contributed by atoms with Crippen LogP contribution in [0.1, 0.15) is 22.5 Å². The van der Waals surface area contributed by atoms with Crippen molar-refractivity contribution in [1.29, 1.82) is 0 Å². The van der Waals surface area contributed by atoms with E-state index in [0.29, 0.717) is 17.1 Å². The van der Waals surface area contributed by atoms with Crippen LogP contribution in [0.5, 0.6) is 0 Å². The molecule has 0 aliphatic rings. The molecular formula is C21H19N3O4. The third-order valence-electron chi connectivity index (χ3n) is 4.22. The smallest absolute Gasteiger partial charge is 0.269 e. The molecule has 1 amide bonds. The van der Waals surface area contributed by atoms with E-state index in [4.69, 9.17) is 4.42 Å². The van der Waals surface area contributed by atoms with Crippen LogP contribution in [0.3, 0.4) is 0 Å². The summed E-state index contributed by atoms with van der Waals surface area (Å²) in [4.78, 5) is 22.3. The second kappa shape index (κ2) is 8.30. The molecule has 0 saturated heterocycles. The number of aryl methyl sites for hydroxylation is 2. The predicted octanol–water partition coefficient (Wildman–Crippen LogP) is 4.16. The van der Waals surface area contributed by atoms with E-state index < -0.39 is 4.92 Å². The molecule has 0 bridgehead atoms. The zero-order valence-corrected chi connectivity index (χ0v) is 15.5. The zero-order valence-electron chi connectivity index (χ0n) is 15.5. The number of nitrogens with one attached hydrogen (secondary N) is 1. The summed E-state index contributed by atoms with van der Waals surface area (Å²) in [7, 11) is 0. The molecule has 7 nitrogen and oxygen atoms in total. The molecule has 0 atom stereocenters. The number of carbonyl (C=O) groups is 1. The highest BCUT2D eigenvalue weighted by atomic mass is 16.6. The van der Waals surface area contributed by atoms with Crippen molar-refractivity contribution in [3.63, 3.8) is 0 Å².